The zero-order valence-corrected chi connectivity index (χ0v) is 19.0. The molecule has 5 nitrogen and oxygen atoms in total. The fraction of sp³-hybridized carbons (Fsp3) is 0.950. The van der Waals surface area contributed by atoms with Gasteiger partial charge in [0.15, 0.2) is 0 Å². The second-order valence-electron chi connectivity index (χ2n) is 8.66. The summed E-state index contributed by atoms with van der Waals surface area (Å²) in [6.45, 7) is 15.9. The number of hydrogen-bond donors (Lipinski definition) is 1. The van der Waals surface area contributed by atoms with Crippen molar-refractivity contribution in [2.75, 3.05) is 13.7 Å². The summed E-state index contributed by atoms with van der Waals surface area (Å²) in [5.74, 6) is -0.141. The first-order valence-corrected chi connectivity index (χ1v) is 12.2. The lowest BCUT2D eigenvalue weighted by molar-refractivity contribution is -0.159. The van der Waals surface area contributed by atoms with E-state index in [4.69, 9.17) is 13.9 Å². The largest absolute Gasteiger partial charge is 0.469 e. The number of rotatable bonds is 9. The van der Waals surface area contributed by atoms with Gasteiger partial charge in [0.2, 0.25) is 8.32 Å². The summed E-state index contributed by atoms with van der Waals surface area (Å²) < 4.78 is 18.0. The fourth-order valence-corrected chi connectivity index (χ4v) is 10.4. The van der Waals surface area contributed by atoms with Crippen molar-refractivity contribution < 1.29 is 23.8 Å². The molecule has 1 aliphatic heterocycles. The molecule has 0 aromatic rings. The van der Waals surface area contributed by atoms with Gasteiger partial charge < -0.3 is 19.0 Å². The van der Waals surface area contributed by atoms with E-state index in [1.54, 1.807) is 0 Å². The number of hydrogen-bond acceptors (Lipinski definition) is 5. The molecule has 0 spiro atoms. The monoisotopic (exact) mass is 388 g/mol. The van der Waals surface area contributed by atoms with Crippen LogP contribution in [0.5, 0.6) is 0 Å². The van der Waals surface area contributed by atoms with Crippen molar-refractivity contribution in [3.63, 3.8) is 0 Å². The van der Waals surface area contributed by atoms with Gasteiger partial charge in [-0.3, -0.25) is 4.79 Å². The molecule has 0 bridgehead atoms. The van der Waals surface area contributed by atoms with Gasteiger partial charge in [0.1, 0.15) is 0 Å². The van der Waals surface area contributed by atoms with Crippen molar-refractivity contribution in [3.8, 4) is 0 Å². The van der Waals surface area contributed by atoms with Crippen molar-refractivity contribution >= 4 is 14.3 Å². The number of ether oxygens (including phenoxy) is 2. The van der Waals surface area contributed by atoms with E-state index in [0.717, 1.165) is 6.42 Å². The average molecular weight is 389 g/mol. The first-order chi connectivity index (χ1) is 12.1. The van der Waals surface area contributed by atoms with Gasteiger partial charge >= 0.3 is 5.97 Å². The van der Waals surface area contributed by atoms with Crippen LogP contribution in [-0.4, -0.2) is 51.4 Å². The quantitative estimate of drug-likeness (QED) is 0.471. The molecule has 0 saturated carbocycles. The van der Waals surface area contributed by atoms with Crippen LogP contribution in [0.3, 0.4) is 0 Å². The summed E-state index contributed by atoms with van der Waals surface area (Å²) >= 11 is 0. The minimum absolute atomic E-state index is 0.0498. The SMILES string of the molecule is COC(=O)C[C@H]1O[C@@H](CCO)C[C@@H](O[Si](C(C)C)(C(C)C)C(C)C)[C@@H]1C. The Morgan fingerprint density at radius 1 is 1.15 bits per heavy atom. The summed E-state index contributed by atoms with van der Waals surface area (Å²) in [5.41, 5.74) is 1.52. The van der Waals surface area contributed by atoms with Gasteiger partial charge in [-0.05, 0) is 29.5 Å². The average Bonchev–Trinajstić information content (AvgIpc) is 2.55. The number of aliphatic hydroxyl groups is 1. The molecule has 1 rings (SSSR count). The first kappa shape index (κ1) is 23.6. The molecule has 0 aromatic heterocycles. The van der Waals surface area contributed by atoms with Crippen molar-refractivity contribution in [3.05, 3.63) is 0 Å². The minimum atomic E-state index is -2.02. The topological polar surface area (TPSA) is 65.0 Å². The molecule has 6 heteroatoms. The van der Waals surface area contributed by atoms with Gasteiger partial charge in [-0.25, -0.2) is 0 Å². The second kappa shape index (κ2) is 10.2. The Balaban J connectivity index is 3.10. The normalized spacial score (nSPS) is 27.4. The van der Waals surface area contributed by atoms with Crippen LogP contribution in [0.1, 0.15) is 67.7 Å². The maximum Gasteiger partial charge on any atom is 0.308 e. The molecule has 1 fully saturated rings. The van der Waals surface area contributed by atoms with Gasteiger partial charge in [0.05, 0.1) is 31.8 Å². The van der Waals surface area contributed by atoms with Gasteiger partial charge in [0.25, 0.3) is 0 Å². The fourth-order valence-electron chi connectivity index (χ4n) is 4.78. The van der Waals surface area contributed by atoms with Gasteiger partial charge in [0, 0.05) is 12.5 Å². The van der Waals surface area contributed by atoms with E-state index in [9.17, 15) is 9.90 Å². The molecule has 0 unspecified atom stereocenters. The molecular formula is C20H40O5Si. The molecule has 4 atom stereocenters. The lowest BCUT2D eigenvalue weighted by Crippen LogP contribution is -2.55. The number of carbonyl (C=O) groups excluding carboxylic acids is 1. The molecule has 0 aromatic carbocycles. The number of aliphatic hydroxyl groups excluding tert-OH is 1. The van der Waals surface area contributed by atoms with Crippen molar-refractivity contribution in [1.29, 1.82) is 0 Å². The standard InChI is InChI=1S/C20H40O5Si/c1-13(2)26(14(3)4,15(5)6)25-19-11-17(9-10-21)24-18(16(19)7)12-20(22)23-8/h13-19,21H,9-12H2,1-8H3/t16-,17+,18-,19-/m1/s1. The van der Waals surface area contributed by atoms with E-state index in [1.165, 1.54) is 7.11 Å². The third-order valence-corrected chi connectivity index (χ3v) is 12.3. The Bertz CT molecular complexity index is 416. The van der Waals surface area contributed by atoms with Crippen LogP contribution in [0.25, 0.3) is 0 Å². The molecule has 154 valence electrons. The van der Waals surface area contributed by atoms with Crippen LogP contribution in [0.4, 0.5) is 0 Å². The Labute approximate surface area is 160 Å². The maximum atomic E-state index is 11.8. The Kier molecular flexibility index (Phi) is 9.26. The summed E-state index contributed by atoms with van der Waals surface area (Å²) in [7, 11) is -0.615. The lowest BCUT2D eigenvalue weighted by Gasteiger charge is -2.49. The van der Waals surface area contributed by atoms with Crippen molar-refractivity contribution in [1.82, 2.24) is 0 Å². The smallest absolute Gasteiger partial charge is 0.308 e. The third-order valence-electron chi connectivity index (χ3n) is 6.14. The lowest BCUT2D eigenvalue weighted by atomic mass is 9.88. The van der Waals surface area contributed by atoms with Crippen LogP contribution in [0, 0.1) is 5.92 Å². The minimum Gasteiger partial charge on any atom is -0.469 e. The molecule has 1 aliphatic rings. The van der Waals surface area contributed by atoms with Gasteiger partial charge in [-0.2, -0.15) is 0 Å². The highest BCUT2D eigenvalue weighted by molar-refractivity contribution is 6.77. The van der Waals surface area contributed by atoms with E-state index < -0.39 is 8.32 Å². The van der Waals surface area contributed by atoms with Crippen molar-refractivity contribution in [2.24, 2.45) is 5.92 Å². The van der Waals surface area contributed by atoms with E-state index in [-0.39, 0.29) is 43.2 Å². The van der Waals surface area contributed by atoms with Crippen LogP contribution in [0.2, 0.25) is 16.6 Å². The number of carbonyl (C=O) groups is 1. The van der Waals surface area contributed by atoms with Crippen molar-refractivity contribution in [2.45, 2.75) is 103 Å². The zero-order valence-electron chi connectivity index (χ0n) is 18.0. The van der Waals surface area contributed by atoms with E-state index >= 15 is 0 Å². The Morgan fingerprint density at radius 3 is 2.12 bits per heavy atom. The molecule has 1 saturated heterocycles. The summed E-state index contributed by atoms with van der Waals surface area (Å²) in [6.07, 6.45) is 1.34. The summed E-state index contributed by atoms with van der Waals surface area (Å²) in [4.78, 5) is 11.8. The van der Waals surface area contributed by atoms with E-state index in [1.807, 2.05) is 0 Å². The summed E-state index contributed by atoms with van der Waals surface area (Å²) in [6, 6.07) is 0. The highest BCUT2D eigenvalue weighted by Crippen LogP contribution is 2.45. The predicted molar refractivity (Wildman–Crippen MR) is 107 cm³/mol. The molecule has 26 heavy (non-hydrogen) atoms. The molecule has 0 amide bonds. The maximum absolute atomic E-state index is 11.8. The highest BCUT2D eigenvalue weighted by Gasteiger charge is 2.49. The molecule has 0 radical (unpaired) electrons. The number of methoxy groups -OCH3 is 1. The Morgan fingerprint density at radius 2 is 1.69 bits per heavy atom. The van der Waals surface area contributed by atoms with Crippen LogP contribution in [0.15, 0.2) is 0 Å². The molecule has 1 N–H and O–H groups in total. The second-order valence-corrected chi connectivity index (χ2v) is 14.1. The summed E-state index contributed by atoms with van der Waals surface area (Å²) in [5, 5.41) is 9.38. The van der Waals surface area contributed by atoms with Crippen LogP contribution in [-0.2, 0) is 18.7 Å². The van der Waals surface area contributed by atoms with E-state index in [0.29, 0.717) is 23.0 Å². The van der Waals surface area contributed by atoms with Crippen LogP contribution >= 0.6 is 0 Å². The van der Waals surface area contributed by atoms with Gasteiger partial charge in [-0.15, -0.1) is 0 Å². The highest BCUT2D eigenvalue weighted by atomic mass is 28.4. The molecular weight excluding hydrogens is 348 g/mol. The first-order valence-electron chi connectivity index (χ1n) is 10.1. The van der Waals surface area contributed by atoms with Crippen LogP contribution < -0.4 is 0 Å². The Hall–Kier alpha value is -0.433. The van der Waals surface area contributed by atoms with E-state index in [2.05, 4.69) is 48.5 Å². The predicted octanol–water partition coefficient (Wildman–Crippen LogP) is 4.29. The third kappa shape index (κ3) is 5.30. The number of esters is 1. The molecule has 0 aliphatic carbocycles. The molecule has 1 heterocycles. The van der Waals surface area contributed by atoms with Gasteiger partial charge in [-0.1, -0.05) is 48.5 Å². The zero-order chi connectivity index (χ0) is 20.1.